The van der Waals surface area contributed by atoms with Gasteiger partial charge in [0, 0.05) is 16.3 Å². The molecule has 0 aliphatic heterocycles. The van der Waals surface area contributed by atoms with Crippen LogP contribution in [0.15, 0.2) is 78.4 Å². The highest BCUT2D eigenvalue weighted by molar-refractivity contribution is 7.17. The normalized spacial score (nSPS) is 10.0. The highest BCUT2D eigenvalue weighted by Crippen LogP contribution is 2.24. The minimum Gasteiger partial charge on any atom is -0.322 e. The average molecular weight is 383 g/mol. The van der Waals surface area contributed by atoms with Crippen LogP contribution in [0.3, 0.4) is 0 Å². The van der Waals surface area contributed by atoms with Crippen molar-refractivity contribution in [3.8, 4) is 0 Å². The molecule has 26 heavy (non-hydrogen) atoms. The van der Waals surface area contributed by atoms with E-state index >= 15 is 0 Å². The van der Waals surface area contributed by atoms with E-state index in [-0.39, 0.29) is 5.57 Å². The molecule has 0 aliphatic rings. The summed E-state index contributed by atoms with van der Waals surface area (Å²) in [5.41, 5.74) is 1.22. The summed E-state index contributed by atoms with van der Waals surface area (Å²) in [6, 6.07) is 21.4. The molecule has 2 N–H and O–H groups in total. The number of anilines is 2. The number of rotatable bonds is 5. The van der Waals surface area contributed by atoms with Crippen LogP contribution in [-0.2, 0) is 9.59 Å². The quantitative estimate of drug-likeness (QED) is 0.368. The van der Waals surface area contributed by atoms with E-state index in [0.717, 1.165) is 4.88 Å². The first-order valence-corrected chi connectivity index (χ1v) is 9.01. The fraction of sp³-hybridized carbons (Fsp3) is 0. The number of benzene rings is 2. The zero-order chi connectivity index (χ0) is 18.4. The molecule has 0 saturated heterocycles. The fourth-order valence-electron chi connectivity index (χ4n) is 2.22. The summed E-state index contributed by atoms with van der Waals surface area (Å²) >= 11 is 7.24. The Labute approximate surface area is 160 Å². The topological polar surface area (TPSA) is 58.2 Å². The first-order valence-electron chi connectivity index (χ1n) is 7.81. The first kappa shape index (κ1) is 17.9. The van der Waals surface area contributed by atoms with Crippen molar-refractivity contribution in [3.05, 3.63) is 87.6 Å². The van der Waals surface area contributed by atoms with Crippen molar-refractivity contribution < 1.29 is 9.59 Å². The van der Waals surface area contributed by atoms with Gasteiger partial charge in [0.25, 0.3) is 11.8 Å². The molecule has 0 aliphatic carbocycles. The maximum Gasteiger partial charge on any atom is 0.261 e. The van der Waals surface area contributed by atoms with Crippen molar-refractivity contribution in [3.63, 3.8) is 0 Å². The van der Waals surface area contributed by atoms with Crippen molar-refractivity contribution in [1.29, 1.82) is 0 Å². The zero-order valence-corrected chi connectivity index (χ0v) is 15.2. The molecule has 130 valence electrons. The third kappa shape index (κ3) is 4.81. The number of carbonyl (C=O) groups is 2. The maximum atomic E-state index is 12.7. The van der Waals surface area contributed by atoms with Crippen molar-refractivity contribution in [2.45, 2.75) is 0 Å². The van der Waals surface area contributed by atoms with E-state index in [1.54, 1.807) is 36.4 Å². The van der Waals surface area contributed by atoms with Gasteiger partial charge in [-0.15, -0.1) is 11.3 Å². The van der Waals surface area contributed by atoms with E-state index in [1.807, 2.05) is 36.4 Å². The van der Waals surface area contributed by atoms with Gasteiger partial charge in [0.05, 0.1) is 4.34 Å². The van der Waals surface area contributed by atoms with Gasteiger partial charge in [-0.1, -0.05) is 48.0 Å². The predicted molar refractivity (Wildman–Crippen MR) is 107 cm³/mol. The number of thiophene rings is 1. The third-order valence-electron chi connectivity index (χ3n) is 3.43. The van der Waals surface area contributed by atoms with Gasteiger partial charge in [0.1, 0.15) is 5.57 Å². The van der Waals surface area contributed by atoms with Gasteiger partial charge < -0.3 is 10.6 Å². The monoisotopic (exact) mass is 382 g/mol. The zero-order valence-electron chi connectivity index (χ0n) is 13.6. The van der Waals surface area contributed by atoms with Gasteiger partial charge in [-0.3, -0.25) is 9.59 Å². The minimum atomic E-state index is -0.492. The van der Waals surface area contributed by atoms with Crippen LogP contribution in [0.25, 0.3) is 6.08 Å². The highest BCUT2D eigenvalue weighted by atomic mass is 35.5. The Morgan fingerprint density at radius 1 is 0.769 bits per heavy atom. The third-order valence-corrected chi connectivity index (χ3v) is 4.61. The smallest absolute Gasteiger partial charge is 0.261 e. The van der Waals surface area contributed by atoms with Gasteiger partial charge in [-0.25, -0.2) is 0 Å². The summed E-state index contributed by atoms with van der Waals surface area (Å²) in [4.78, 5) is 26.1. The maximum absolute atomic E-state index is 12.7. The molecule has 0 spiro atoms. The van der Waals surface area contributed by atoms with E-state index in [1.165, 1.54) is 17.4 Å². The molecule has 6 heteroatoms. The molecule has 0 fully saturated rings. The average Bonchev–Trinajstić information content (AvgIpc) is 3.06. The number of nitrogens with one attached hydrogen (secondary N) is 2. The van der Waals surface area contributed by atoms with Crippen LogP contribution in [0.5, 0.6) is 0 Å². The standard InChI is InChI=1S/C20H15ClN2O2S/c21-18-12-11-16(26-18)13-17(19(24)22-14-7-3-1-4-8-14)20(25)23-15-9-5-2-6-10-15/h1-13H,(H,22,24)(H,23,25). The Bertz CT molecular complexity index is 881. The van der Waals surface area contributed by atoms with Crippen LogP contribution >= 0.6 is 22.9 Å². The first-order chi connectivity index (χ1) is 12.6. The molecular formula is C20H15ClN2O2S. The van der Waals surface area contributed by atoms with E-state index in [0.29, 0.717) is 15.7 Å². The summed E-state index contributed by atoms with van der Waals surface area (Å²) in [5, 5.41) is 5.48. The molecule has 3 aromatic rings. The summed E-state index contributed by atoms with van der Waals surface area (Å²) in [7, 11) is 0. The number of carbonyl (C=O) groups excluding carboxylic acids is 2. The highest BCUT2D eigenvalue weighted by Gasteiger charge is 2.19. The molecule has 0 radical (unpaired) electrons. The lowest BCUT2D eigenvalue weighted by Crippen LogP contribution is -2.25. The SMILES string of the molecule is O=C(Nc1ccccc1)C(=Cc1ccc(Cl)s1)C(=O)Nc1ccccc1. The second kappa shape index (κ2) is 8.47. The van der Waals surface area contributed by atoms with Gasteiger partial charge in [-0.2, -0.15) is 0 Å². The van der Waals surface area contributed by atoms with Crippen molar-refractivity contribution in [2.75, 3.05) is 10.6 Å². The summed E-state index contributed by atoms with van der Waals surface area (Å²) in [6.45, 7) is 0. The Kier molecular flexibility index (Phi) is 5.84. The molecule has 4 nitrogen and oxygen atoms in total. The molecule has 2 amide bonds. The molecule has 0 atom stereocenters. The van der Waals surface area contributed by atoms with E-state index in [9.17, 15) is 9.59 Å². The summed E-state index contributed by atoms with van der Waals surface area (Å²) in [5.74, 6) is -0.983. The Balaban J connectivity index is 1.87. The summed E-state index contributed by atoms with van der Waals surface area (Å²) in [6.07, 6.45) is 1.53. The van der Waals surface area contributed by atoms with E-state index < -0.39 is 11.8 Å². The number of hydrogen-bond acceptors (Lipinski definition) is 3. The Hall–Kier alpha value is -2.89. The lowest BCUT2D eigenvalue weighted by atomic mass is 10.1. The molecule has 0 bridgehead atoms. The molecule has 0 unspecified atom stereocenters. The largest absolute Gasteiger partial charge is 0.322 e. The van der Waals surface area contributed by atoms with Gasteiger partial charge in [-0.05, 0) is 42.5 Å². The molecule has 0 saturated carbocycles. The number of para-hydroxylation sites is 2. The number of halogens is 1. The van der Waals surface area contributed by atoms with Crippen molar-refractivity contribution in [1.82, 2.24) is 0 Å². The lowest BCUT2D eigenvalue weighted by molar-refractivity contribution is -0.118. The molecule has 1 aromatic heterocycles. The van der Waals surface area contributed by atoms with Gasteiger partial charge >= 0.3 is 0 Å². The fourth-order valence-corrected chi connectivity index (χ4v) is 3.23. The number of hydrogen-bond donors (Lipinski definition) is 2. The molecule has 2 aromatic carbocycles. The Morgan fingerprint density at radius 3 is 1.69 bits per heavy atom. The van der Waals surface area contributed by atoms with Crippen molar-refractivity contribution in [2.24, 2.45) is 0 Å². The van der Waals surface area contributed by atoms with E-state index in [4.69, 9.17) is 11.6 Å². The van der Waals surface area contributed by atoms with Gasteiger partial charge in [0.15, 0.2) is 0 Å². The van der Waals surface area contributed by atoms with Crippen LogP contribution in [0, 0.1) is 0 Å². The Morgan fingerprint density at radius 2 is 1.27 bits per heavy atom. The molecule has 1 heterocycles. The van der Waals surface area contributed by atoms with Crippen molar-refractivity contribution >= 4 is 52.2 Å². The number of amides is 2. The molecular weight excluding hydrogens is 368 g/mol. The lowest BCUT2D eigenvalue weighted by Gasteiger charge is -2.10. The minimum absolute atomic E-state index is 0.00350. The van der Waals surface area contributed by atoms with Crippen LogP contribution in [0.1, 0.15) is 4.88 Å². The van der Waals surface area contributed by atoms with Gasteiger partial charge in [0.2, 0.25) is 0 Å². The van der Waals surface area contributed by atoms with Crippen LogP contribution in [0.2, 0.25) is 4.34 Å². The summed E-state index contributed by atoms with van der Waals surface area (Å²) < 4.78 is 0.586. The second-order valence-electron chi connectivity index (χ2n) is 5.34. The van der Waals surface area contributed by atoms with Crippen LogP contribution < -0.4 is 10.6 Å². The second-order valence-corrected chi connectivity index (χ2v) is 7.09. The molecule has 3 rings (SSSR count). The van der Waals surface area contributed by atoms with Crippen LogP contribution in [-0.4, -0.2) is 11.8 Å². The van der Waals surface area contributed by atoms with E-state index in [2.05, 4.69) is 10.6 Å². The predicted octanol–water partition coefficient (Wildman–Crippen LogP) is 5.06. The van der Waals surface area contributed by atoms with Crippen LogP contribution in [0.4, 0.5) is 11.4 Å².